The molecule has 258 valence electrons. The number of allylic oxidation sites excluding steroid dienone is 1. The van der Waals surface area contributed by atoms with E-state index in [1.54, 1.807) is 0 Å². The molecule has 0 amide bonds. The molecule has 2 nitrogen and oxygen atoms in total. The summed E-state index contributed by atoms with van der Waals surface area (Å²) in [6, 6.07) is 45.2. The molecule has 2 heteroatoms. The summed E-state index contributed by atoms with van der Waals surface area (Å²) in [5, 5.41) is 2.35. The van der Waals surface area contributed by atoms with Crippen molar-refractivity contribution in [2.75, 3.05) is 9.80 Å². The lowest BCUT2D eigenvalue weighted by Gasteiger charge is -2.36. The van der Waals surface area contributed by atoms with E-state index in [0.717, 1.165) is 58.1 Å². The van der Waals surface area contributed by atoms with E-state index in [1.165, 1.54) is 58.7 Å². The van der Waals surface area contributed by atoms with Crippen molar-refractivity contribution in [3.63, 3.8) is 0 Å². The van der Waals surface area contributed by atoms with Crippen molar-refractivity contribution < 1.29 is 0 Å². The first-order valence-electron chi connectivity index (χ1n) is 18.7. The molecular weight excluding hydrogens is 617 g/mol. The summed E-state index contributed by atoms with van der Waals surface area (Å²) in [6.45, 7) is 15.3. The molecule has 0 aromatic heterocycles. The number of benzene rings is 6. The quantitative estimate of drug-likeness (QED) is 0.114. The molecule has 0 unspecified atom stereocenters. The van der Waals surface area contributed by atoms with Gasteiger partial charge in [-0.3, -0.25) is 0 Å². The Hall–Kier alpha value is -5.34. The molecule has 6 rings (SSSR count). The average Bonchev–Trinajstić information content (AvgIpc) is 3.16. The molecule has 0 aliphatic rings. The predicted molar refractivity (Wildman–Crippen MR) is 225 cm³/mol. The van der Waals surface area contributed by atoms with Crippen LogP contribution in [0, 0.1) is 13.8 Å². The van der Waals surface area contributed by atoms with Gasteiger partial charge in [-0.15, -0.1) is 0 Å². The number of fused-ring (bicyclic) bond motifs is 1. The van der Waals surface area contributed by atoms with E-state index in [4.69, 9.17) is 0 Å². The molecule has 0 aliphatic carbocycles. The SMILES string of the molecule is C=Cc1c(/C=C\C)c(N(c2ccc(C)cc2)c2ccc(CCCC)cc2)c(N(c2ccc(C)cc2)c2ccc(CCCC)cc2)c2ccccc12. The zero-order chi connectivity index (χ0) is 35.7. The Bertz CT molecular complexity index is 2080. The van der Waals surface area contributed by atoms with Crippen LogP contribution in [0.4, 0.5) is 34.1 Å². The van der Waals surface area contributed by atoms with Gasteiger partial charge >= 0.3 is 0 Å². The van der Waals surface area contributed by atoms with Gasteiger partial charge in [-0.2, -0.15) is 0 Å². The fourth-order valence-electron chi connectivity index (χ4n) is 7.05. The second-order valence-corrected chi connectivity index (χ2v) is 13.7. The monoisotopic (exact) mass is 668 g/mol. The van der Waals surface area contributed by atoms with Crippen LogP contribution in [0.5, 0.6) is 0 Å². The van der Waals surface area contributed by atoms with Crippen LogP contribution in [0.1, 0.15) is 79.8 Å². The maximum Gasteiger partial charge on any atom is 0.0788 e. The minimum absolute atomic E-state index is 1.09. The normalized spacial score (nSPS) is 11.3. The van der Waals surface area contributed by atoms with Crippen molar-refractivity contribution in [1.29, 1.82) is 0 Å². The smallest absolute Gasteiger partial charge is 0.0788 e. The lowest BCUT2D eigenvalue weighted by molar-refractivity contribution is 0.795. The number of unbranched alkanes of at least 4 members (excludes halogenated alkanes) is 2. The third-order valence-electron chi connectivity index (χ3n) is 9.84. The van der Waals surface area contributed by atoms with Crippen molar-refractivity contribution in [2.24, 2.45) is 0 Å². The van der Waals surface area contributed by atoms with Gasteiger partial charge < -0.3 is 9.80 Å². The molecule has 0 saturated heterocycles. The Morgan fingerprint density at radius 3 is 1.33 bits per heavy atom. The van der Waals surface area contributed by atoms with Crippen LogP contribution < -0.4 is 9.80 Å². The Balaban J connectivity index is 1.75. The number of rotatable bonds is 14. The van der Waals surface area contributed by atoms with E-state index in [9.17, 15) is 0 Å². The molecule has 51 heavy (non-hydrogen) atoms. The minimum atomic E-state index is 1.09. The van der Waals surface area contributed by atoms with E-state index in [1.807, 2.05) is 6.08 Å². The summed E-state index contributed by atoms with van der Waals surface area (Å²) in [7, 11) is 0. The van der Waals surface area contributed by atoms with Crippen LogP contribution in [0.2, 0.25) is 0 Å². The Morgan fingerprint density at radius 1 is 0.510 bits per heavy atom. The fourth-order valence-corrected chi connectivity index (χ4v) is 7.05. The summed E-state index contributed by atoms with van der Waals surface area (Å²) in [4.78, 5) is 4.93. The van der Waals surface area contributed by atoms with Crippen molar-refractivity contribution in [3.05, 3.63) is 167 Å². The molecule has 6 aromatic carbocycles. The van der Waals surface area contributed by atoms with Gasteiger partial charge in [0.2, 0.25) is 0 Å². The highest BCUT2D eigenvalue weighted by molar-refractivity contribution is 6.13. The van der Waals surface area contributed by atoms with Crippen LogP contribution in [0.15, 0.2) is 134 Å². The van der Waals surface area contributed by atoms with Crippen LogP contribution in [-0.2, 0) is 12.8 Å². The molecule has 0 fully saturated rings. The lowest BCUT2D eigenvalue weighted by atomic mass is 9.92. The third-order valence-corrected chi connectivity index (χ3v) is 9.84. The largest absolute Gasteiger partial charge is 0.308 e. The van der Waals surface area contributed by atoms with Gasteiger partial charge in [0.25, 0.3) is 0 Å². The maximum atomic E-state index is 4.39. The van der Waals surface area contributed by atoms with Crippen molar-refractivity contribution in [1.82, 2.24) is 0 Å². The number of aryl methyl sites for hydroxylation is 4. The van der Waals surface area contributed by atoms with E-state index >= 15 is 0 Å². The molecule has 0 N–H and O–H groups in total. The molecule has 0 aliphatic heterocycles. The lowest BCUT2D eigenvalue weighted by Crippen LogP contribution is -2.19. The number of nitrogens with zero attached hydrogens (tertiary/aromatic N) is 2. The molecular formula is C49H52N2. The van der Waals surface area contributed by atoms with Gasteiger partial charge in [0.05, 0.1) is 11.4 Å². The van der Waals surface area contributed by atoms with E-state index in [0.29, 0.717) is 0 Å². The first-order valence-corrected chi connectivity index (χ1v) is 18.7. The molecule has 0 radical (unpaired) electrons. The van der Waals surface area contributed by atoms with Crippen LogP contribution >= 0.6 is 0 Å². The van der Waals surface area contributed by atoms with Crippen LogP contribution in [0.3, 0.4) is 0 Å². The summed E-state index contributed by atoms with van der Waals surface area (Å²) in [6.07, 6.45) is 13.4. The van der Waals surface area contributed by atoms with Gasteiger partial charge in [0, 0.05) is 33.7 Å². The molecule has 0 atom stereocenters. The van der Waals surface area contributed by atoms with Crippen LogP contribution in [0.25, 0.3) is 22.9 Å². The van der Waals surface area contributed by atoms with Gasteiger partial charge in [0.1, 0.15) is 0 Å². The number of hydrogen-bond donors (Lipinski definition) is 0. The molecule has 0 spiro atoms. The molecule has 0 heterocycles. The Kier molecular flexibility index (Phi) is 11.5. The minimum Gasteiger partial charge on any atom is -0.308 e. The predicted octanol–water partition coefficient (Wildman–Crippen LogP) is 14.8. The Labute approximate surface area is 306 Å². The van der Waals surface area contributed by atoms with Gasteiger partial charge in [0.15, 0.2) is 0 Å². The highest BCUT2D eigenvalue weighted by Crippen LogP contribution is 2.53. The summed E-state index contributed by atoms with van der Waals surface area (Å²) < 4.78 is 0. The van der Waals surface area contributed by atoms with Gasteiger partial charge in [-0.25, -0.2) is 0 Å². The zero-order valence-electron chi connectivity index (χ0n) is 31.1. The second kappa shape index (κ2) is 16.6. The number of hydrogen-bond acceptors (Lipinski definition) is 2. The molecule has 0 saturated carbocycles. The first kappa shape index (κ1) is 35.5. The van der Waals surface area contributed by atoms with E-state index in [2.05, 4.69) is 184 Å². The highest BCUT2D eigenvalue weighted by atomic mass is 15.2. The molecule has 6 aromatic rings. The second-order valence-electron chi connectivity index (χ2n) is 13.7. The topological polar surface area (TPSA) is 6.48 Å². The van der Waals surface area contributed by atoms with Crippen molar-refractivity contribution in [2.45, 2.75) is 73.1 Å². The van der Waals surface area contributed by atoms with E-state index in [-0.39, 0.29) is 0 Å². The number of anilines is 6. The Morgan fingerprint density at radius 2 is 0.922 bits per heavy atom. The maximum absolute atomic E-state index is 4.39. The highest BCUT2D eigenvalue weighted by Gasteiger charge is 2.29. The van der Waals surface area contributed by atoms with Gasteiger partial charge in [-0.1, -0.05) is 135 Å². The zero-order valence-corrected chi connectivity index (χ0v) is 31.1. The third kappa shape index (κ3) is 7.71. The van der Waals surface area contributed by atoms with Crippen molar-refractivity contribution >= 4 is 57.0 Å². The average molecular weight is 669 g/mol. The van der Waals surface area contributed by atoms with E-state index < -0.39 is 0 Å². The summed E-state index contributed by atoms with van der Waals surface area (Å²) in [5.41, 5.74) is 14.2. The summed E-state index contributed by atoms with van der Waals surface area (Å²) >= 11 is 0. The first-order chi connectivity index (χ1) is 25.0. The van der Waals surface area contributed by atoms with Gasteiger partial charge in [-0.05, 0) is 117 Å². The fraction of sp³-hybridized carbons (Fsp3) is 0.224. The summed E-state index contributed by atoms with van der Waals surface area (Å²) in [5.74, 6) is 0. The van der Waals surface area contributed by atoms with Crippen molar-refractivity contribution in [3.8, 4) is 0 Å². The molecule has 0 bridgehead atoms. The standard InChI is InChI=1S/C49H52N2/c1-7-11-16-38-24-32-42(33-25-38)50(40-28-20-36(5)21-29-40)48-46(15-9-3)44(10-4)45-18-13-14-19-47(45)49(48)51(41-30-22-37(6)23-31-41)43-34-26-39(27-35-43)17-12-8-2/h9-10,13-15,18-35H,4,7-8,11-12,16-17H2,1-3,5-6H3/b15-9-. The van der Waals surface area contributed by atoms with Crippen LogP contribution in [-0.4, -0.2) is 0 Å².